The van der Waals surface area contributed by atoms with Crippen LogP contribution in [0.1, 0.15) is 19.3 Å². The molecule has 0 aromatic carbocycles. The SMILES string of the molecule is c1nnc(N2CCC3NCCCC3C2)s1. The summed E-state index contributed by atoms with van der Waals surface area (Å²) in [7, 11) is 0. The summed E-state index contributed by atoms with van der Waals surface area (Å²) < 4.78 is 0. The Morgan fingerprint density at radius 1 is 1.47 bits per heavy atom. The Balaban J connectivity index is 1.70. The molecule has 0 amide bonds. The molecule has 15 heavy (non-hydrogen) atoms. The van der Waals surface area contributed by atoms with Crippen molar-refractivity contribution in [1.82, 2.24) is 15.5 Å². The second-order valence-corrected chi connectivity index (χ2v) is 5.23. The van der Waals surface area contributed by atoms with Gasteiger partial charge in [-0.1, -0.05) is 11.3 Å². The zero-order chi connectivity index (χ0) is 10.1. The lowest BCUT2D eigenvalue weighted by molar-refractivity contribution is 0.244. The van der Waals surface area contributed by atoms with Crippen LogP contribution < -0.4 is 10.2 Å². The molecule has 1 N–H and O–H groups in total. The maximum atomic E-state index is 4.15. The Hall–Kier alpha value is -0.680. The average Bonchev–Trinajstić information content (AvgIpc) is 2.82. The molecular formula is C10H16N4S. The van der Waals surface area contributed by atoms with Gasteiger partial charge in [-0.15, -0.1) is 10.2 Å². The second kappa shape index (κ2) is 4.06. The Morgan fingerprint density at radius 3 is 3.33 bits per heavy atom. The minimum atomic E-state index is 0.753. The van der Waals surface area contributed by atoms with E-state index in [0.29, 0.717) is 0 Å². The molecule has 2 unspecified atom stereocenters. The lowest BCUT2D eigenvalue weighted by Crippen LogP contribution is -2.52. The van der Waals surface area contributed by atoms with Crippen molar-refractivity contribution in [3.8, 4) is 0 Å². The van der Waals surface area contributed by atoms with E-state index in [9.17, 15) is 0 Å². The number of hydrogen-bond donors (Lipinski definition) is 1. The highest BCUT2D eigenvalue weighted by Gasteiger charge is 2.31. The van der Waals surface area contributed by atoms with Crippen molar-refractivity contribution in [1.29, 1.82) is 0 Å². The third-order valence-corrected chi connectivity index (χ3v) is 4.26. The summed E-state index contributed by atoms with van der Waals surface area (Å²) in [4.78, 5) is 2.39. The van der Waals surface area contributed by atoms with E-state index < -0.39 is 0 Å². The van der Waals surface area contributed by atoms with E-state index in [1.807, 2.05) is 5.51 Å². The third kappa shape index (κ3) is 1.86. The summed E-state index contributed by atoms with van der Waals surface area (Å²) in [6, 6.07) is 0.753. The summed E-state index contributed by atoms with van der Waals surface area (Å²) in [6.45, 7) is 3.50. The standard InChI is InChI=1S/C10H16N4S/c1-2-8-6-14(10-13-12-7-15-10)5-3-9(8)11-4-1/h7-9,11H,1-6H2. The van der Waals surface area contributed by atoms with Crippen molar-refractivity contribution in [3.63, 3.8) is 0 Å². The predicted molar refractivity (Wildman–Crippen MR) is 61.3 cm³/mol. The van der Waals surface area contributed by atoms with Crippen LogP contribution in [0.3, 0.4) is 0 Å². The zero-order valence-electron chi connectivity index (χ0n) is 8.72. The highest BCUT2D eigenvalue weighted by atomic mass is 32.1. The number of nitrogens with one attached hydrogen (secondary N) is 1. The van der Waals surface area contributed by atoms with Gasteiger partial charge in [0.2, 0.25) is 5.13 Å². The van der Waals surface area contributed by atoms with Gasteiger partial charge in [0, 0.05) is 19.1 Å². The largest absolute Gasteiger partial charge is 0.346 e. The molecule has 0 bridgehead atoms. The van der Waals surface area contributed by atoms with Gasteiger partial charge in [0.1, 0.15) is 5.51 Å². The first kappa shape index (κ1) is 9.54. The average molecular weight is 224 g/mol. The normalized spacial score (nSPS) is 31.3. The van der Waals surface area contributed by atoms with Gasteiger partial charge >= 0.3 is 0 Å². The maximum absolute atomic E-state index is 4.15. The molecule has 0 aliphatic carbocycles. The fraction of sp³-hybridized carbons (Fsp3) is 0.800. The lowest BCUT2D eigenvalue weighted by Gasteiger charge is -2.41. The molecule has 3 heterocycles. The fourth-order valence-corrected chi connectivity index (χ4v) is 3.32. The van der Waals surface area contributed by atoms with Gasteiger partial charge in [-0.25, -0.2) is 0 Å². The predicted octanol–water partition coefficient (Wildman–Crippen LogP) is 1.12. The van der Waals surface area contributed by atoms with Gasteiger partial charge in [-0.2, -0.15) is 0 Å². The second-order valence-electron chi connectivity index (χ2n) is 4.42. The monoisotopic (exact) mass is 224 g/mol. The van der Waals surface area contributed by atoms with Crippen LogP contribution >= 0.6 is 11.3 Å². The third-order valence-electron chi connectivity index (χ3n) is 3.51. The van der Waals surface area contributed by atoms with Crippen LogP contribution in [-0.2, 0) is 0 Å². The Morgan fingerprint density at radius 2 is 2.47 bits per heavy atom. The number of anilines is 1. The molecule has 1 aromatic rings. The molecule has 82 valence electrons. The van der Waals surface area contributed by atoms with E-state index in [1.165, 1.54) is 25.8 Å². The summed E-state index contributed by atoms with van der Waals surface area (Å²) in [6.07, 6.45) is 3.95. The highest BCUT2D eigenvalue weighted by Crippen LogP contribution is 2.28. The Kier molecular flexibility index (Phi) is 2.58. The number of hydrogen-bond acceptors (Lipinski definition) is 5. The van der Waals surface area contributed by atoms with Crippen molar-refractivity contribution in [2.75, 3.05) is 24.5 Å². The zero-order valence-corrected chi connectivity index (χ0v) is 9.54. The van der Waals surface area contributed by atoms with Crippen molar-refractivity contribution in [2.24, 2.45) is 5.92 Å². The van der Waals surface area contributed by atoms with Crippen LogP contribution in [-0.4, -0.2) is 35.9 Å². The maximum Gasteiger partial charge on any atom is 0.208 e. The summed E-state index contributed by atoms with van der Waals surface area (Å²) >= 11 is 1.65. The smallest absolute Gasteiger partial charge is 0.208 e. The quantitative estimate of drug-likeness (QED) is 0.776. The van der Waals surface area contributed by atoms with Gasteiger partial charge in [-0.05, 0) is 31.7 Å². The van der Waals surface area contributed by atoms with E-state index in [1.54, 1.807) is 11.3 Å². The number of nitrogens with zero attached hydrogens (tertiary/aromatic N) is 3. The topological polar surface area (TPSA) is 41.1 Å². The van der Waals surface area contributed by atoms with Crippen molar-refractivity contribution in [2.45, 2.75) is 25.3 Å². The molecule has 5 heteroatoms. The van der Waals surface area contributed by atoms with Crippen LogP contribution in [0.2, 0.25) is 0 Å². The molecular weight excluding hydrogens is 208 g/mol. The van der Waals surface area contributed by atoms with Gasteiger partial charge in [0.05, 0.1) is 0 Å². The first-order valence-corrected chi connectivity index (χ1v) is 6.56. The Labute approximate surface area is 93.7 Å². The number of piperidine rings is 2. The van der Waals surface area contributed by atoms with Gasteiger partial charge in [0.25, 0.3) is 0 Å². The van der Waals surface area contributed by atoms with Crippen molar-refractivity contribution >= 4 is 16.5 Å². The first-order valence-electron chi connectivity index (χ1n) is 5.68. The molecule has 0 spiro atoms. The summed E-state index contributed by atoms with van der Waals surface area (Å²) in [5.41, 5.74) is 1.82. The molecule has 2 fully saturated rings. The molecule has 4 nitrogen and oxygen atoms in total. The Bertz CT molecular complexity index is 313. The summed E-state index contributed by atoms with van der Waals surface area (Å²) in [5.74, 6) is 0.816. The van der Waals surface area contributed by atoms with E-state index in [2.05, 4.69) is 20.4 Å². The number of rotatable bonds is 1. The molecule has 0 saturated carbocycles. The minimum absolute atomic E-state index is 0.753. The molecule has 2 aliphatic heterocycles. The fourth-order valence-electron chi connectivity index (χ4n) is 2.72. The minimum Gasteiger partial charge on any atom is -0.346 e. The van der Waals surface area contributed by atoms with Crippen LogP contribution in [0.25, 0.3) is 0 Å². The van der Waals surface area contributed by atoms with Crippen LogP contribution in [0.15, 0.2) is 5.51 Å². The van der Waals surface area contributed by atoms with Gasteiger partial charge in [-0.3, -0.25) is 0 Å². The van der Waals surface area contributed by atoms with E-state index in [0.717, 1.165) is 30.2 Å². The van der Waals surface area contributed by atoms with E-state index in [4.69, 9.17) is 0 Å². The molecule has 3 rings (SSSR count). The van der Waals surface area contributed by atoms with Crippen LogP contribution in [0, 0.1) is 5.92 Å². The van der Waals surface area contributed by atoms with Crippen LogP contribution in [0.5, 0.6) is 0 Å². The molecule has 2 atom stereocenters. The van der Waals surface area contributed by atoms with E-state index >= 15 is 0 Å². The lowest BCUT2D eigenvalue weighted by atomic mass is 9.86. The van der Waals surface area contributed by atoms with E-state index in [-0.39, 0.29) is 0 Å². The molecule has 1 aromatic heterocycles. The van der Waals surface area contributed by atoms with Gasteiger partial charge in [0.15, 0.2) is 0 Å². The first-order chi connectivity index (χ1) is 7.43. The molecule has 2 saturated heterocycles. The van der Waals surface area contributed by atoms with Crippen LogP contribution in [0.4, 0.5) is 5.13 Å². The molecule has 2 aliphatic rings. The van der Waals surface area contributed by atoms with Gasteiger partial charge < -0.3 is 10.2 Å². The highest BCUT2D eigenvalue weighted by molar-refractivity contribution is 7.13. The van der Waals surface area contributed by atoms with Crippen molar-refractivity contribution in [3.05, 3.63) is 5.51 Å². The molecule has 0 radical (unpaired) electrons. The number of aromatic nitrogens is 2. The summed E-state index contributed by atoms with van der Waals surface area (Å²) in [5, 5.41) is 12.8. The number of fused-ring (bicyclic) bond motifs is 1. The van der Waals surface area contributed by atoms with Crippen molar-refractivity contribution < 1.29 is 0 Å².